The molecule has 0 spiro atoms. The highest BCUT2D eigenvalue weighted by Crippen LogP contribution is 2.16. The molecule has 0 aliphatic carbocycles. The van der Waals surface area contributed by atoms with Gasteiger partial charge in [0, 0.05) is 28.5 Å². The lowest BCUT2D eigenvalue weighted by atomic mass is 10.1. The summed E-state index contributed by atoms with van der Waals surface area (Å²) < 4.78 is 15.7. The largest absolute Gasteiger partial charge is 0.329 e. The predicted molar refractivity (Wildman–Crippen MR) is 79.3 cm³/mol. The predicted octanol–water partition coefficient (Wildman–Crippen LogP) is 3.61. The molecule has 0 unspecified atom stereocenters. The lowest BCUT2D eigenvalue weighted by Gasteiger charge is -2.20. The summed E-state index contributed by atoms with van der Waals surface area (Å²) in [4.78, 5) is 4.31. The van der Waals surface area contributed by atoms with Crippen LogP contribution in [0.25, 0.3) is 0 Å². The van der Waals surface area contributed by atoms with E-state index in [1.54, 1.807) is 18.3 Å². The highest BCUT2D eigenvalue weighted by atomic mass is 35.5. The first-order valence-corrected chi connectivity index (χ1v) is 6.92. The minimum Gasteiger partial charge on any atom is -0.329 e. The van der Waals surface area contributed by atoms with E-state index >= 15 is 0 Å². The third-order valence-corrected chi connectivity index (χ3v) is 3.16. The molecule has 1 heterocycles. The molecule has 108 valence electrons. The van der Waals surface area contributed by atoms with Gasteiger partial charge in [-0.05, 0) is 39.0 Å². The van der Waals surface area contributed by atoms with Crippen molar-refractivity contribution in [1.82, 2.24) is 14.9 Å². The Morgan fingerprint density at radius 1 is 1.35 bits per heavy atom. The standard InChI is InChI=1S/C15H19ClFN3/c1-15(2,3)19-9-14-18-6-7-20(14)10-11-8-12(16)4-5-13(11)17/h4-8,19H,9-10H2,1-3H3. The molecule has 0 saturated heterocycles. The lowest BCUT2D eigenvalue weighted by Crippen LogP contribution is -2.36. The van der Waals surface area contributed by atoms with Gasteiger partial charge < -0.3 is 9.88 Å². The van der Waals surface area contributed by atoms with Crippen LogP contribution in [0.3, 0.4) is 0 Å². The third kappa shape index (κ3) is 4.05. The van der Waals surface area contributed by atoms with Gasteiger partial charge in [0.2, 0.25) is 0 Å². The summed E-state index contributed by atoms with van der Waals surface area (Å²) in [6.45, 7) is 7.34. The highest BCUT2D eigenvalue weighted by Gasteiger charge is 2.12. The number of nitrogens with zero attached hydrogens (tertiary/aromatic N) is 2. The first-order chi connectivity index (χ1) is 9.35. The number of benzene rings is 1. The van der Waals surface area contributed by atoms with Crippen molar-refractivity contribution < 1.29 is 4.39 Å². The second-order valence-corrected chi connectivity index (χ2v) is 6.25. The van der Waals surface area contributed by atoms with Gasteiger partial charge in [0.05, 0.1) is 13.1 Å². The van der Waals surface area contributed by atoms with E-state index in [0.717, 1.165) is 5.82 Å². The molecule has 0 fully saturated rings. The zero-order chi connectivity index (χ0) is 14.8. The Bertz CT molecular complexity index is 587. The maximum Gasteiger partial charge on any atom is 0.128 e. The van der Waals surface area contributed by atoms with Crippen molar-refractivity contribution in [3.8, 4) is 0 Å². The van der Waals surface area contributed by atoms with E-state index < -0.39 is 0 Å². The SMILES string of the molecule is CC(C)(C)NCc1nccn1Cc1cc(Cl)ccc1F. The van der Waals surface area contributed by atoms with E-state index in [1.807, 2.05) is 10.8 Å². The van der Waals surface area contributed by atoms with E-state index in [1.165, 1.54) is 6.07 Å². The van der Waals surface area contributed by atoms with Crippen molar-refractivity contribution in [2.24, 2.45) is 0 Å². The summed E-state index contributed by atoms with van der Waals surface area (Å²) >= 11 is 5.91. The van der Waals surface area contributed by atoms with Crippen LogP contribution in [0.4, 0.5) is 4.39 Å². The molecule has 1 N–H and O–H groups in total. The molecule has 2 aromatic rings. The van der Waals surface area contributed by atoms with Gasteiger partial charge >= 0.3 is 0 Å². The van der Waals surface area contributed by atoms with E-state index in [-0.39, 0.29) is 11.4 Å². The topological polar surface area (TPSA) is 29.9 Å². The number of rotatable bonds is 4. The van der Waals surface area contributed by atoms with Gasteiger partial charge in [-0.1, -0.05) is 11.6 Å². The van der Waals surface area contributed by atoms with Crippen molar-refractivity contribution in [1.29, 1.82) is 0 Å². The van der Waals surface area contributed by atoms with Gasteiger partial charge in [0.15, 0.2) is 0 Å². The van der Waals surface area contributed by atoms with Crippen LogP contribution in [0.1, 0.15) is 32.2 Å². The van der Waals surface area contributed by atoms with Gasteiger partial charge in [0.25, 0.3) is 0 Å². The van der Waals surface area contributed by atoms with Crippen LogP contribution >= 0.6 is 11.6 Å². The monoisotopic (exact) mass is 295 g/mol. The maximum absolute atomic E-state index is 13.8. The smallest absolute Gasteiger partial charge is 0.128 e. The second-order valence-electron chi connectivity index (χ2n) is 5.81. The summed E-state index contributed by atoms with van der Waals surface area (Å²) in [7, 11) is 0. The van der Waals surface area contributed by atoms with Crippen LogP contribution in [0.15, 0.2) is 30.6 Å². The zero-order valence-electron chi connectivity index (χ0n) is 12.0. The minimum atomic E-state index is -0.252. The number of aromatic nitrogens is 2. The van der Waals surface area contributed by atoms with Gasteiger partial charge in [-0.3, -0.25) is 0 Å². The molecule has 0 saturated carbocycles. The third-order valence-electron chi connectivity index (χ3n) is 2.93. The Hall–Kier alpha value is -1.39. The maximum atomic E-state index is 13.8. The second kappa shape index (κ2) is 5.94. The fourth-order valence-electron chi connectivity index (χ4n) is 1.84. The Kier molecular flexibility index (Phi) is 4.45. The zero-order valence-corrected chi connectivity index (χ0v) is 12.7. The summed E-state index contributed by atoms with van der Waals surface area (Å²) in [6.07, 6.45) is 3.57. The molecular formula is C15H19ClFN3. The molecule has 0 aliphatic rings. The first-order valence-electron chi connectivity index (χ1n) is 6.54. The average molecular weight is 296 g/mol. The van der Waals surface area contributed by atoms with Crippen molar-refractivity contribution >= 4 is 11.6 Å². The highest BCUT2D eigenvalue weighted by molar-refractivity contribution is 6.30. The number of hydrogen-bond acceptors (Lipinski definition) is 2. The lowest BCUT2D eigenvalue weighted by molar-refractivity contribution is 0.412. The molecule has 0 atom stereocenters. The normalized spacial score (nSPS) is 11.8. The molecule has 3 nitrogen and oxygen atoms in total. The number of imidazole rings is 1. The first kappa shape index (κ1) is 15.0. The summed E-state index contributed by atoms with van der Waals surface area (Å²) in [5, 5.41) is 3.91. The van der Waals surface area contributed by atoms with Crippen LogP contribution in [0.5, 0.6) is 0 Å². The van der Waals surface area contributed by atoms with Crippen molar-refractivity contribution in [3.63, 3.8) is 0 Å². The van der Waals surface area contributed by atoms with E-state index in [2.05, 4.69) is 31.1 Å². The minimum absolute atomic E-state index is 0.0120. The number of halogens is 2. The van der Waals surface area contributed by atoms with Gasteiger partial charge in [-0.25, -0.2) is 9.37 Å². The molecule has 20 heavy (non-hydrogen) atoms. The summed E-state index contributed by atoms with van der Waals surface area (Å²) in [6, 6.07) is 4.59. The summed E-state index contributed by atoms with van der Waals surface area (Å²) in [5.74, 6) is 0.622. The fourth-order valence-corrected chi connectivity index (χ4v) is 2.04. The molecule has 0 radical (unpaired) electrons. The molecule has 0 amide bonds. The van der Waals surface area contributed by atoms with Crippen molar-refractivity contribution in [2.75, 3.05) is 0 Å². The Morgan fingerprint density at radius 2 is 2.10 bits per heavy atom. The van der Waals surface area contributed by atoms with Crippen molar-refractivity contribution in [2.45, 2.75) is 39.4 Å². The summed E-state index contributed by atoms with van der Waals surface area (Å²) in [5.41, 5.74) is 0.574. The molecule has 1 aromatic heterocycles. The van der Waals surface area contributed by atoms with Gasteiger partial charge in [0.1, 0.15) is 11.6 Å². The Morgan fingerprint density at radius 3 is 2.80 bits per heavy atom. The van der Waals surface area contributed by atoms with Gasteiger partial charge in [-0.2, -0.15) is 0 Å². The van der Waals surface area contributed by atoms with Crippen LogP contribution < -0.4 is 5.32 Å². The van der Waals surface area contributed by atoms with Crippen LogP contribution in [-0.2, 0) is 13.1 Å². The van der Waals surface area contributed by atoms with Gasteiger partial charge in [-0.15, -0.1) is 0 Å². The molecule has 2 rings (SSSR count). The fraction of sp³-hybridized carbons (Fsp3) is 0.400. The van der Waals surface area contributed by atoms with Crippen molar-refractivity contribution in [3.05, 3.63) is 52.8 Å². The van der Waals surface area contributed by atoms with Crippen LogP contribution in [0, 0.1) is 5.82 Å². The quantitative estimate of drug-likeness (QED) is 0.934. The molecular weight excluding hydrogens is 277 g/mol. The van der Waals surface area contributed by atoms with E-state index in [0.29, 0.717) is 23.7 Å². The Balaban J connectivity index is 2.14. The number of hydrogen-bond donors (Lipinski definition) is 1. The van der Waals surface area contributed by atoms with Crippen LogP contribution in [0.2, 0.25) is 5.02 Å². The molecule has 0 aliphatic heterocycles. The Labute approximate surface area is 123 Å². The molecule has 5 heteroatoms. The number of nitrogens with one attached hydrogen (secondary N) is 1. The van der Waals surface area contributed by atoms with Crippen LogP contribution in [-0.4, -0.2) is 15.1 Å². The van der Waals surface area contributed by atoms with E-state index in [9.17, 15) is 4.39 Å². The van der Waals surface area contributed by atoms with E-state index in [4.69, 9.17) is 11.6 Å². The average Bonchev–Trinajstić information content (AvgIpc) is 2.78. The molecule has 0 bridgehead atoms. The molecule has 1 aromatic carbocycles.